The predicted octanol–water partition coefficient (Wildman–Crippen LogP) is 3.77. The van der Waals surface area contributed by atoms with Crippen LogP contribution in [-0.2, 0) is 11.0 Å². The van der Waals surface area contributed by atoms with Crippen molar-refractivity contribution in [2.75, 3.05) is 25.0 Å². The van der Waals surface area contributed by atoms with Gasteiger partial charge in [-0.2, -0.15) is 13.2 Å². The molecule has 1 aliphatic heterocycles. The van der Waals surface area contributed by atoms with Crippen molar-refractivity contribution in [2.24, 2.45) is 5.92 Å². The van der Waals surface area contributed by atoms with Gasteiger partial charge >= 0.3 is 6.18 Å². The molecule has 0 aromatic heterocycles. The summed E-state index contributed by atoms with van der Waals surface area (Å²) in [6, 6.07) is 5.05. The summed E-state index contributed by atoms with van der Waals surface area (Å²) >= 11 is 0. The van der Waals surface area contributed by atoms with Crippen LogP contribution in [-0.4, -0.2) is 30.4 Å². The first-order valence-electron chi connectivity index (χ1n) is 7.54. The number of rotatable bonds is 4. The molecule has 0 radical (unpaired) electrons. The minimum Gasteiger partial charge on any atom is -0.325 e. The van der Waals surface area contributed by atoms with Gasteiger partial charge in [0.1, 0.15) is 0 Å². The molecule has 0 aliphatic carbocycles. The molecule has 6 heteroatoms. The SMILES string of the molecule is CC1CCN(CCC(=O)Nc2ccccc2C(F)(F)F)CC1. The van der Waals surface area contributed by atoms with E-state index >= 15 is 0 Å². The number of carbonyl (C=O) groups excluding carboxylic acids is 1. The highest BCUT2D eigenvalue weighted by Crippen LogP contribution is 2.34. The van der Waals surface area contributed by atoms with Crippen molar-refractivity contribution in [3.8, 4) is 0 Å². The Bertz CT molecular complexity index is 508. The number of alkyl halides is 3. The number of nitrogens with one attached hydrogen (secondary N) is 1. The molecule has 122 valence electrons. The summed E-state index contributed by atoms with van der Waals surface area (Å²) < 4.78 is 38.6. The lowest BCUT2D eigenvalue weighted by Crippen LogP contribution is -2.35. The van der Waals surface area contributed by atoms with Gasteiger partial charge in [0.2, 0.25) is 5.91 Å². The monoisotopic (exact) mass is 314 g/mol. The fourth-order valence-electron chi connectivity index (χ4n) is 2.60. The largest absolute Gasteiger partial charge is 0.418 e. The normalized spacial score (nSPS) is 17.5. The van der Waals surface area contributed by atoms with Crippen LogP contribution in [0.5, 0.6) is 0 Å². The molecule has 1 aromatic rings. The standard InChI is InChI=1S/C16H21F3N2O/c1-12-6-9-21(10-7-12)11-8-15(22)20-14-5-3-2-4-13(14)16(17,18)19/h2-5,12H,6-11H2,1H3,(H,20,22). The van der Waals surface area contributed by atoms with E-state index in [1.165, 1.54) is 18.2 Å². The molecule has 1 saturated heterocycles. The average molecular weight is 314 g/mol. The Hall–Kier alpha value is -1.56. The minimum absolute atomic E-state index is 0.174. The zero-order valence-corrected chi connectivity index (χ0v) is 12.6. The molecule has 1 N–H and O–H groups in total. The molecular weight excluding hydrogens is 293 g/mol. The maximum atomic E-state index is 12.9. The first kappa shape index (κ1) is 16.8. The zero-order chi connectivity index (χ0) is 16.2. The summed E-state index contributed by atoms with van der Waals surface area (Å²) in [5.74, 6) is 0.332. The lowest BCUT2D eigenvalue weighted by atomic mass is 9.99. The quantitative estimate of drug-likeness (QED) is 0.917. The van der Waals surface area contributed by atoms with E-state index in [4.69, 9.17) is 0 Å². The summed E-state index contributed by atoms with van der Waals surface area (Å²) in [5, 5.41) is 2.38. The van der Waals surface area contributed by atoms with E-state index < -0.39 is 11.7 Å². The predicted molar refractivity (Wildman–Crippen MR) is 79.5 cm³/mol. The van der Waals surface area contributed by atoms with Gasteiger partial charge in [-0.1, -0.05) is 19.1 Å². The molecule has 1 amide bonds. The number of halogens is 3. The molecule has 2 rings (SSSR count). The Labute approximate surface area is 128 Å². The van der Waals surface area contributed by atoms with Crippen molar-refractivity contribution in [3.05, 3.63) is 29.8 Å². The summed E-state index contributed by atoms with van der Waals surface area (Å²) in [5.41, 5.74) is -0.984. The van der Waals surface area contributed by atoms with Crippen molar-refractivity contribution < 1.29 is 18.0 Å². The number of carbonyl (C=O) groups is 1. The Balaban J connectivity index is 1.87. The van der Waals surface area contributed by atoms with Crippen molar-refractivity contribution in [1.29, 1.82) is 0 Å². The number of piperidine rings is 1. The second kappa shape index (κ2) is 7.13. The van der Waals surface area contributed by atoms with Gasteiger partial charge in [-0.25, -0.2) is 0 Å². The number of anilines is 1. The highest BCUT2D eigenvalue weighted by molar-refractivity contribution is 5.91. The van der Waals surface area contributed by atoms with Crippen molar-refractivity contribution >= 4 is 11.6 Å². The van der Waals surface area contributed by atoms with Gasteiger partial charge in [-0.05, 0) is 44.0 Å². The van der Waals surface area contributed by atoms with Crippen LogP contribution in [0.1, 0.15) is 31.7 Å². The van der Waals surface area contributed by atoms with E-state index in [9.17, 15) is 18.0 Å². The van der Waals surface area contributed by atoms with E-state index in [-0.39, 0.29) is 18.0 Å². The second-order valence-electron chi connectivity index (χ2n) is 5.87. The molecule has 1 aromatic carbocycles. The maximum absolute atomic E-state index is 12.9. The molecule has 0 atom stereocenters. The fourth-order valence-corrected chi connectivity index (χ4v) is 2.60. The van der Waals surface area contributed by atoms with Crippen LogP contribution in [0.15, 0.2) is 24.3 Å². The molecule has 1 aliphatic rings. The van der Waals surface area contributed by atoms with Crippen molar-refractivity contribution in [1.82, 2.24) is 4.90 Å². The van der Waals surface area contributed by atoms with Gasteiger partial charge < -0.3 is 10.2 Å². The van der Waals surface area contributed by atoms with E-state index in [0.717, 1.165) is 32.0 Å². The van der Waals surface area contributed by atoms with E-state index in [1.807, 2.05) is 0 Å². The molecule has 0 saturated carbocycles. The van der Waals surface area contributed by atoms with Gasteiger partial charge in [0.25, 0.3) is 0 Å². The number of hydrogen-bond donors (Lipinski definition) is 1. The van der Waals surface area contributed by atoms with Crippen LogP contribution in [0.3, 0.4) is 0 Å². The highest BCUT2D eigenvalue weighted by atomic mass is 19.4. The number of benzene rings is 1. The number of likely N-dealkylation sites (tertiary alicyclic amines) is 1. The van der Waals surface area contributed by atoms with E-state index in [1.54, 1.807) is 0 Å². The molecule has 1 fully saturated rings. The van der Waals surface area contributed by atoms with Crippen LogP contribution in [0.4, 0.5) is 18.9 Å². The highest BCUT2D eigenvalue weighted by Gasteiger charge is 2.33. The first-order valence-corrected chi connectivity index (χ1v) is 7.54. The maximum Gasteiger partial charge on any atom is 0.418 e. The Morgan fingerprint density at radius 1 is 1.27 bits per heavy atom. The number of nitrogens with zero attached hydrogens (tertiary/aromatic N) is 1. The molecule has 0 bridgehead atoms. The first-order chi connectivity index (χ1) is 10.4. The third-order valence-electron chi connectivity index (χ3n) is 4.04. The Morgan fingerprint density at radius 2 is 1.91 bits per heavy atom. The van der Waals surface area contributed by atoms with Crippen LogP contribution in [0, 0.1) is 5.92 Å². The van der Waals surface area contributed by atoms with E-state index in [2.05, 4.69) is 17.1 Å². The van der Waals surface area contributed by atoms with Crippen LogP contribution >= 0.6 is 0 Å². The third kappa shape index (κ3) is 4.73. The Kier molecular flexibility index (Phi) is 5.45. The number of hydrogen-bond acceptors (Lipinski definition) is 2. The number of amides is 1. The lowest BCUT2D eigenvalue weighted by molar-refractivity contribution is -0.137. The topological polar surface area (TPSA) is 32.3 Å². The van der Waals surface area contributed by atoms with Gasteiger partial charge in [-0.15, -0.1) is 0 Å². The van der Waals surface area contributed by atoms with Crippen molar-refractivity contribution in [2.45, 2.75) is 32.4 Å². The second-order valence-corrected chi connectivity index (χ2v) is 5.87. The molecular formula is C16H21F3N2O. The molecule has 0 unspecified atom stereocenters. The molecule has 3 nitrogen and oxygen atoms in total. The van der Waals surface area contributed by atoms with Gasteiger partial charge in [0, 0.05) is 13.0 Å². The third-order valence-corrected chi connectivity index (χ3v) is 4.04. The summed E-state index contributed by atoms with van der Waals surface area (Å²) in [6.07, 6.45) is -2.04. The fraction of sp³-hybridized carbons (Fsp3) is 0.562. The summed E-state index contributed by atoms with van der Waals surface area (Å²) in [7, 11) is 0. The number of para-hydroxylation sites is 1. The minimum atomic E-state index is -4.47. The molecule has 0 spiro atoms. The van der Waals surface area contributed by atoms with Gasteiger partial charge in [-0.3, -0.25) is 4.79 Å². The van der Waals surface area contributed by atoms with Crippen LogP contribution in [0.25, 0.3) is 0 Å². The van der Waals surface area contributed by atoms with Gasteiger partial charge in [0.15, 0.2) is 0 Å². The summed E-state index contributed by atoms with van der Waals surface area (Å²) in [4.78, 5) is 14.1. The lowest BCUT2D eigenvalue weighted by Gasteiger charge is -2.29. The summed E-state index contributed by atoms with van der Waals surface area (Å²) in [6.45, 7) is 4.70. The van der Waals surface area contributed by atoms with Crippen molar-refractivity contribution in [3.63, 3.8) is 0 Å². The average Bonchev–Trinajstić information content (AvgIpc) is 2.46. The van der Waals surface area contributed by atoms with E-state index in [0.29, 0.717) is 12.5 Å². The van der Waals surface area contributed by atoms with Crippen LogP contribution < -0.4 is 5.32 Å². The molecule has 22 heavy (non-hydrogen) atoms. The molecule has 1 heterocycles. The zero-order valence-electron chi connectivity index (χ0n) is 12.6. The van der Waals surface area contributed by atoms with Crippen LogP contribution in [0.2, 0.25) is 0 Å². The smallest absolute Gasteiger partial charge is 0.325 e. The Morgan fingerprint density at radius 3 is 2.55 bits per heavy atom. The van der Waals surface area contributed by atoms with Gasteiger partial charge in [0.05, 0.1) is 11.3 Å².